The van der Waals surface area contributed by atoms with Gasteiger partial charge in [-0.3, -0.25) is 4.79 Å². The van der Waals surface area contributed by atoms with Gasteiger partial charge >= 0.3 is 0 Å². The molecule has 0 unspecified atom stereocenters. The van der Waals surface area contributed by atoms with Crippen molar-refractivity contribution in [1.29, 1.82) is 0 Å². The van der Waals surface area contributed by atoms with E-state index in [2.05, 4.69) is 26.1 Å². The summed E-state index contributed by atoms with van der Waals surface area (Å²) in [6, 6.07) is 14.9. The topological polar surface area (TPSA) is 68.5 Å². The highest BCUT2D eigenvalue weighted by Crippen LogP contribution is 2.28. The molecule has 1 aromatic heterocycles. The maximum absolute atomic E-state index is 12.7. The number of halogens is 1. The summed E-state index contributed by atoms with van der Waals surface area (Å²) < 4.78 is 11.6. The lowest BCUT2D eigenvalue weighted by Crippen LogP contribution is -2.40. The van der Waals surface area contributed by atoms with Crippen LogP contribution in [0.1, 0.15) is 10.4 Å². The molecule has 1 saturated heterocycles. The smallest absolute Gasteiger partial charge is 0.259 e. The highest BCUT2D eigenvalue weighted by atomic mass is 79.9. The van der Waals surface area contributed by atoms with Crippen LogP contribution in [0.15, 0.2) is 57.5 Å². The van der Waals surface area contributed by atoms with Gasteiger partial charge < -0.3 is 14.2 Å². The van der Waals surface area contributed by atoms with Crippen molar-refractivity contribution < 1.29 is 14.1 Å². The lowest BCUT2D eigenvalue weighted by Gasteiger charge is -2.26. The number of nitrogens with zero attached hydrogens (tertiary/aromatic N) is 3. The Morgan fingerprint density at radius 2 is 1.88 bits per heavy atom. The van der Waals surface area contributed by atoms with Crippen LogP contribution in [0.25, 0.3) is 22.8 Å². The van der Waals surface area contributed by atoms with Gasteiger partial charge in [0, 0.05) is 28.7 Å². The molecule has 0 saturated carbocycles. The number of morpholine rings is 1. The SMILES string of the molecule is O=C(c1cccc(-c2noc(-c3ccccc3Br)n2)c1)N1CCOCC1. The number of benzene rings is 2. The second-order valence-corrected chi connectivity index (χ2v) is 6.74. The van der Waals surface area contributed by atoms with Gasteiger partial charge in [0.25, 0.3) is 11.8 Å². The largest absolute Gasteiger partial charge is 0.378 e. The van der Waals surface area contributed by atoms with Gasteiger partial charge in [0.1, 0.15) is 0 Å². The molecule has 1 amide bonds. The van der Waals surface area contributed by atoms with Crippen LogP contribution in [0.2, 0.25) is 0 Å². The van der Waals surface area contributed by atoms with E-state index in [0.29, 0.717) is 43.6 Å². The molecule has 132 valence electrons. The summed E-state index contributed by atoms with van der Waals surface area (Å²) in [5, 5.41) is 4.07. The number of amides is 1. The molecule has 2 heterocycles. The van der Waals surface area contributed by atoms with Gasteiger partial charge in [0.15, 0.2) is 0 Å². The molecule has 26 heavy (non-hydrogen) atoms. The standard InChI is InChI=1S/C19H16BrN3O3/c20-16-7-2-1-6-15(16)18-21-17(22-26-18)13-4-3-5-14(12-13)19(24)23-8-10-25-11-9-23/h1-7,12H,8-11H2. The zero-order chi connectivity index (χ0) is 17.9. The molecule has 1 fully saturated rings. The highest BCUT2D eigenvalue weighted by molar-refractivity contribution is 9.10. The molecule has 7 heteroatoms. The van der Waals surface area contributed by atoms with Gasteiger partial charge in [-0.05, 0) is 40.2 Å². The average molecular weight is 414 g/mol. The number of hydrogen-bond acceptors (Lipinski definition) is 5. The molecule has 1 aliphatic heterocycles. The van der Waals surface area contributed by atoms with Crippen LogP contribution in [0, 0.1) is 0 Å². The molecule has 2 aromatic carbocycles. The van der Waals surface area contributed by atoms with E-state index >= 15 is 0 Å². The Morgan fingerprint density at radius 3 is 2.69 bits per heavy atom. The molecule has 1 aliphatic rings. The number of hydrogen-bond donors (Lipinski definition) is 0. The third kappa shape index (κ3) is 3.40. The first-order chi connectivity index (χ1) is 12.7. The van der Waals surface area contributed by atoms with E-state index in [9.17, 15) is 4.79 Å². The summed E-state index contributed by atoms with van der Waals surface area (Å²) in [6.45, 7) is 2.37. The van der Waals surface area contributed by atoms with Gasteiger partial charge in [-0.15, -0.1) is 0 Å². The summed E-state index contributed by atoms with van der Waals surface area (Å²) >= 11 is 3.49. The Kier molecular flexibility index (Phi) is 4.81. The van der Waals surface area contributed by atoms with Crippen molar-refractivity contribution in [3.63, 3.8) is 0 Å². The van der Waals surface area contributed by atoms with Gasteiger partial charge in [0.2, 0.25) is 5.82 Å². The summed E-state index contributed by atoms with van der Waals surface area (Å²) in [5.41, 5.74) is 2.18. The van der Waals surface area contributed by atoms with Crippen molar-refractivity contribution in [2.75, 3.05) is 26.3 Å². The Bertz CT molecular complexity index is 935. The number of carbonyl (C=O) groups is 1. The van der Waals surface area contributed by atoms with Gasteiger partial charge in [-0.2, -0.15) is 4.98 Å². The summed E-state index contributed by atoms with van der Waals surface area (Å²) in [5.74, 6) is 0.870. The van der Waals surface area contributed by atoms with Crippen molar-refractivity contribution in [2.24, 2.45) is 0 Å². The van der Waals surface area contributed by atoms with E-state index < -0.39 is 0 Å². The summed E-state index contributed by atoms with van der Waals surface area (Å²) in [6.07, 6.45) is 0. The fraction of sp³-hybridized carbons (Fsp3) is 0.211. The lowest BCUT2D eigenvalue weighted by atomic mass is 10.1. The van der Waals surface area contributed by atoms with Gasteiger partial charge in [0.05, 0.1) is 18.8 Å². The Labute approximate surface area is 158 Å². The lowest BCUT2D eigenvalue weighted by molar-refractivity contribution is 0.0303. The zero-order valence-corrected chi connectivity index (χ0v) is 15.5. The molecule has 0 atom stereocenters. The number of ether oxygens (including phenoxy) is 1. The van der Waals surface area contributed by atoms with Gasteiger partial charge in [-0.25, -0.2) is 0 Å². The molecule has 0 aliphatic carbocycles. The number of aromatic nitrogens is 2. The van der Waals surface area contributed by atoms with Crippen molar-refractivity contribution in [1.82, 2.24) is 15.0 Å². The minimum Gasteiger partial charge on any atom is -0.378 e. The molecular weight excluding hydrogens is 398 g/mol. The molecule has 3 aromatic rings. The fourth-order valence-corrected chi connectivity index (χ4v) is 3.28. The van der Waals surface area contributed by atoms with Crippen LogP contribution in [0.4, 0.5) is 0 Å². The van der Waals surface area contributed by atoms with Crippen LogP contribution in [0.3, 0.4) is 0 Å². The predicted octanol–water partition coefficient (Wildman–Crippen LogP) is 3.64. The van der Waals surface area contributed by atoms with Crippen LogP contribution >= 0.6 is 15.9 Å². The first kappa shape index (κ1) is 16.9. The van der Waals surface area contributed by atoms with Crippen LogP contribution < -0.4 is 0 Å². The van der Waals surface area contributed by atoms with Crippen molar-refractivity contribution in [3.8, 4) is 22.8 Å². The maximum Gasteiger partial charge on any atom is 0.259 e. The number of carbonyl (C=O) groups excluding carboxylic acids is 1. The summed E-state index contributed by atoms with van der Waals surface area (Å²) in [7, 11) is 0. The van der Waals surface area contributed by atoms with E-state index in [1.54, 1.807) is 17.0 Å². The molecular formula is C19H16BrN3O3. The maximum atomic E-state index is 12.7. The van der Waals surface area contributed by atoms with Crippen LogP contribution in [0.5, 0.6) is 0 Å². The third-order valence-corrected chi connectivity index (χ3v) is 4.89. The molecule has 0 radical (unpaired) electrons. The molecule has 0 bridgehead atoms. The molecule has 0 N–H and O–H groups in total. The minimum absolute atomic E-state index is 0.00956. The first-order valence-electron chi connectivity index (χ1n) is 8.28. The minimum atomic E-state index is -0.00956. The third-order valence-electron chi connectivity index (χ3n) is 4.20. The Balaban J connectivity index is 1.61. The molecule has 6 nitrogen and oxygen atoms in total. The second-order valence-electron chi connectivity index (χ2n) is 5.89. The highest BCUT2D eigenvalue weighted by Gasteiger charge is 2.20. The van der Waals surface area contributed by atoms with E-state index in [-0.39, 0.29) is 5.91 Å². The quantitative estimate of drug-likeness (QED) is 0.655. The fourth-order valence-electron chi connectivity index (χ4n) is 2.83. The van der Waals surface area contributed by atoms with E-state index in [1.807, 2.05) is 36.4 Å². The van der Waals surface area contributed by atoms with Crippen molar-refractivity contribution in [2.45, 2.75) is 0 Å². The van der Waals surface area contributed by atoms with E-state index in [0.717, 1.165) is 15.6 Å². The first-order valence-corrected chi connectivity index (χ1v) is 9.08. The molecule has 4 rings (SSSR count). The Hall–Kier alpha value is -2.51. The monoisotopic (exact) mass is 413 g/mol. The van der Waals surface area contributed by atoms with Crippen LogP contribution in [-0.2, 0) is 4.74 Å². The van der Waals surface area contributed by atoms with Crippen molar-refractivity contribution >= 4 is 21.8 Å². The summed E-state index contributed by atoms with van der Waals surface area (Å²) in [4.78, 5) is 18.9. The number of rotatable bonds is 3. The van der Waals surface area contributed by atoms with Crippen LogP contribution in [-0.4, -0.2) is 47.3 Å². The predicted molar refractivity (Wildman–Crippen MR) is 99.6 cm³/mol. The van der Waals surface area contributed by atoms with Crippen molar-refractivity contribution in [3.05, 3.63) is 58.6 Å². The zero-order valence-electron chi connectivity index (χ0n) is 13.9. The van der Waals surface area contributed by atoms with E-state index in [1.165, 1.54) is 0 Å². The normalized spacial score (nSPS) is 14.4. The average Bonchev–Trinajstić information content (AvgIpc) is 3.18. The molecule has 0 spiro atoms. The van der Waals surface area contributed by atoms with E-state index in [4.69, 9.17) is 9.26 Å². The Morgan fingerprint density at radius 1 is 1.08 bits per heavy atom. The second kappa shape index (κ2) is 7.39. The van der Waals surface area contributed by atoms with Gasteiger partial charge in [-0.1, -0.05) is 29.4 Å².